The van der Waals surface area contributed by atoms with E-state index in [-0.39, 0.29) is 5.41 Å². The lowest BCUT2D eigenvalue weighted by atomic mass is 9.85. The Labute approximate surface area is 120 Å². The fraction of sp³-hybridized carbons (Fsp3) is 0.211. The normalized spacial score (nSPS) is 19.1. The Morgan fingerprint density at radius 3 is 2.15 bits per heavy atom. The fourth-order valence-corrected chi connectivity index (χ4v) is 2.58. The van der Waals surface area contributed by atoms with Crippen LogP contribution in [0, 0.1) is 5.41 Å². The summed E-state index contributed by atoms with van der Waals surface area (Å²) in [6, 6.07) is 20.9. The summed E-state index contributed by atoms with van der Waals surface area (Å²) < 4.78 is 0. The van der Waals surface area contributed by atoms with Gasteiger partial charge in [0.2, 0.25) is 0 Å². The smallest absolute Gasteiger partial charge is 0.0488 e. The molecule has 0 unspecified atom stereocenters. The Morgan fingerprint density at radius 1 is 0.900 bits per heavy atom. The van der Waals surface area contributed by atoms with E-state index < -0.39 is 0 Å². The molecular formula is C19H19N. The quantitative estimate of drug-likeness (QED) is 0.725. The summed E-state index contributed by atoms with van der Waals surface area (Å²) in [5.41, 5.74) is 4.91. The van der Waals surface area contributed by atoms with Crippen LogP contribution in [0.3, 0.4) is 0 Å². The van der Waals surface area contributed by atoms with Crippen LogP contribution >= 0.6 is 0 Å². The minimum atomic E-state index is 0.0982. The van der Waals surface area contributed by atoms with Crippen molar-refractivity contribution in [1.82, 2.24) is 0 Å². The number of hydrogen-bond acceptors (Lipinski definition) is 1. The highest BCUT2D eigenvalue weighted by atomic mass is 14.8. The Morgan fingerprint density at radius 2 is 1.50 bits per heavy atom. The van der Waals surface area contributed by atoms with Crippen LogP contribution < -0.4 is 0 Å². The van der Waals surface area contributed by atoms with Gasteiger partial charge in [0.05, 0.1) is 0 Å². The van der Waals surface area contributed by atoms with Crippen molar-refractivity contribution in [2.45, 2.75) is 20.3 Å². The molecule has 0 fully saturated rings. The number of aliphatic imine (C=N–C) groups is 1. The number of rotatable bonds is 2. The number of allylic oxidation sites excluding steroid dienone is 1. The lowest BCUT2D eigenvalue weighted by molar-refractivity contribution is 0.488. The second-order valence-electron chi connectivity index (χ2n) is 5.93. The highest BCUT2D eigenvalue weighted by Crippen LogP contribution is 2.40. The number of hydrogen-bond donors (Lipinski definition) is 0. The van der Waals surface area contributed by atoms with Crippen molar-refractivity contribution in [3.63, 3.8) is 0 Å². The summed E-state index contributed by atoms with van der Waals surface area (Å²) in [6.45, 7) is 4.53. The van der Waals surface area contributed by atoms with Crippen molar-refractivity contribution in [3.8, 4) is 0 Å². The Kier molecular flexibility index (Phi) is 3.27. The molecular weight excluding hydrogens is 242 g/mol. The molecule has 1 aliphatic rings. The molecule has 0 radical (unpaired) electrons. The zero-order valence-electron chi connectivity index (χ0n) is 12.0. The number of nitrogens with zero attached hydrogens (tertiary/aromatic N) is 1. The summed E-state index contributed by atoms with van der Waals surface area (Å²) in [5.74, 6) is 0. The van der Waals surface area contributed by atoms with Gasteiger partial charge in [0.1, 0.15) is 0 Å². The minimum Gasteiger partial charge on any atom is -0.257 e. The Hall–Kier alpha value is -2.15. The van der Waals surface area contributed by atoms with Gasteiger partial charge in [-0.25, -0.2) is 0 Å². The molecule has 1 aliphatic heterocycles. The SMILES string of the molecule is CC1(C)CC(c2ccccc2)=N/C1=C/c1ccccc1. The second-order valence-corrected chi connectivity index (χ2v) is 5.93. The third kappa shape index (κ3) is 2.57. The van der Waals surface area contributed by atoms with Gasteiger partial charge in [-0.2, -0.15) is 0 Å². The maximum absolute atomic E-state index is 4.88. The summed E-state index contributed by atoms with van der Waals surface area (Å²) >= 11 is 0. The van der Waals surface area contributed by atoms with Gasteiger partial charge in [-0.15, -0.1) is 0 Å². The molecule has 20 heavy (non-hydrogen) atoms. The van der Waals surface area contributed by atoms with E-state index in [9.17, 15) is 0 Å². The number of benzene rings is 2. The van der Waals surface area contributed by atoms with E-state index >= 15 is 0 Å². The molecule has 0 amide bonds. The first-order valence-corrected chi connectivity index (χ1v) is 7.05. The third-order valence-corrected chi connectivity index (χ3v) is 3.77. The molecule has 3 rings (SSSR count). The van der Waals surface area contributed by atoms with E-state index in [1.165, 1.54) is 22.5 Å². The van der Waals surface area contributed by atoms with E-state index in [0.29, 0.717) is 0 Å². The van der Waals surface area contributed by atoms with Crippen LogP contribution in [0.5, 0.6) is 0 Å². The zero-order chi connectivity index (χ0) is 14.0. The molecule has 1 heteroatoms. The fourth-order valence-electron chi connectivity index (χ4n) is 2.58. The van der Waals surface area contributed by atoms with Gasteiger partial charge >= 0.3 is 0 Å². The highest BCUT2D eigenvalue weighted by molar-refractivity contribution is 6.03. The molecule has 0 saturated heterocycles. The molecule has 0 saturated carbocycles. The van der Waals surface area contributed by atoms with Crippen molar-refractivity contribution in [1.29, 1.82) is 0 Å². The van der Waals surface area contributed by atoms with Gasteiger partial charge in [-0.1, -0.05) is 74.5 Å². The first-order valence-electron chi connectivity index (χ1n) is 7.05. The van der Waals surface area contributed by atoms with Crippen LogP contribution in [-0.4, -0.2) is 5.71 Å². The maximum Gasteiger partial charge on any atom is 0.0488 e. The van der Waals surface area contributed by atoms with Gasteiger partial charge < -0.3 is 0 Å². The van der Waals surface area contributed by atoms with Gasteiger partial charge in [0.25, 0.3) is 0 Å². The van der Waals surface area contributed by atoms with Crippen molar-refractivity contribution in [2.24, 2.45) is 10.4 Å². The first kappa shape index (κ1) is 12.9. The van der Waals surface area contributed by atoms with Crippen LogP contribution in [0.15, 0.2) is 71.4 Å². The Bertz CT molecular complexity index is 649. The molecule has 2 aromatic carbocycles. The van der Waals surface area contributed by atoms with E-state index in [4.69, 9.17) is 4.99 Å². The average Bonchev–Trinajstić information content (AvgIpc) is 2.76. The van der Waals surface area contributed by atoms with E-state index in [2.05, 4.69) is 68.5 Å². The lowest BCUT2D eigenvalue weighted by Gasteiger charge is -2.18. The van der Waals surface area contributed by atoms with Crippen LogP contribution in [0.2, 0.25) is 0 Å². The van der Waals surface area contributed by atoms with Gasteiger partial charge in [-0.3, -0.25) is 4.99 Å². The first-order chi connectivity index (χ1) is 9.65. The summed E-state index contributed by atoms with van der Waals surface area (Å²) in [6.07, 6.45) is 3.20. The van der Waals surface area contributed by atoms with Crippen molar-refractivity contribution in [2.75, 3.05) is 0 Å². The van der Waals surface area contributed by atoms with Gasteiger partial charge in [0, 0.05) is 23.2 Å². The van der Waals surface area contributed by atoms with Crippen molar-refractivity contribution >= 4 is 11.8 Å². The van der Waals surface area contributed by atoms with Crippen molar-refractivity contribution in [3.05, 3.63) is 77.5 Å². The monoisotopic (exact) mass is 261 g/mol. The largest absolute Gasteiger partial charge is 0.257 e. The van der Waals surface area contributed by atoms with E-state index in [1.807, 2.05) is 12.1 Å². The molecule has 0 spiro atoms. The van der Waals surface area contributed by atoms with E-state index in [0.717, 1.165) is 6.42 Å². The predicted octanol–water partition coefficient (Wildman–Crippen LogP) is 4.95. The Balaban J connectivity index is 1.98. The minimum absolute atomic E-state index is 0.0982. The summed E-state index contributed by atoms with van der Waals surface area (Å²) in [4.78, 5) is 4.88. The summed E-state index contributed by atoms with van der Waals surface area (Å²) in [5, 5.41) is 0. The molecule has 0 atom stereocenters. The van der Waals surface area contributed by atoms with Gasteiger partial charge in [0.15, 0.2) is 0 Å². The second kappa shape index (κ2) is 5.09. The molecule has 0 aromatic heterocycles. The topological polar surface area (TPSA) is 12.4 Å². The van der Waals surface area contributed by atoms with Crippen LogP contribution in [0.25, 0.3) is 6.08 Å². The maximum atomic E-state index is 4.88. The lowest BCUT2D eigenvalue weighted by Crippen LogP contribution is -2.11. The average molecular weight is 261 g/mol. The van der Waals surface area contributed by atoms with E-state index in [1.54, 1.807) is 0 Å². The molecule has 100 valence electrons. The van der Waals surface area contributed by atoms with Crippen LogP contribution in [0.1, 0.15) is 31.4 Å². The highest BCUT2D eigenvalue weighted by Gasteiger charge is 2.31. The molecule has 0 bridgehead atoms. The molecule has 1 heterocycles. The zero-order valence-corrected chi connectivity index (χ0v) is 12.0. The molecule has 2 aromatic rings. The van der Waals surface area contributed by atoms with Crippen LogP contribution in [0.4, 0.5) is 0 Å². The predicted molar refractivity (Wildman–Crippen MR) is 85.8 cm³/mol. The molecule has 0 N–H and O–H groups in total. The third-order valence-electron chi connectivity index (χ3n) is 3.77. The summed E-state index contributed by atoms with van der Waals surface area (Å²) in [7, 11) is 0. The standard InChI is InChI=1S/C19H19N/c1-19(2)14-17(16-11-7-4-8-12-16)20-18(19)13-15-9-5-3-6-10-15/h3-13H,14H2,1-2H3/b18-13+. The van der Waals surface area contributed by atoms with Gasteiger partial charge in [-0.05, 0) is 17.2 Å². The molecule has 0 aliphatic carbocycles. The molecule has 1 nitrogen and oxygen atoms in total. The van der Waals surface area contributed by atoms with Crippen molar-refractivity contribution < 1.29 is 0 Å². The van der Waals surface area contributed by atoms with Crippen LogP contribution in [-0.2, 0) is 0 Å².